The number of anilines is 10. The number of nitrogens with zero attached hydrogens (tertiary/aromatic N) is 6. The first kappa shape index (κ1) is 41.7. The molecule has 3 amide bonds. The second-order valence-electron chi connectivity index (χ2n) is 15.4. The number of nitrogens with one attached hydrogen (secondary N) is 4. The summed E-state index contributed by atoms with van der Waals surface area (Å²) in [4.78, 5) is 54.6. The highest BCUT2D eigenvalue weighted by molar-refractivity contribution is 6.00. The fourth-order valence-corrected chi connectivity index (χ4v) is 7.71. The summed E-state index contributed by atoms with van der Waals surface area (Å²) in [6.07, 6.45) is 7.05. The molecule has 3 aromatic heterocycles. The van der Waals surface area contributed by atoms with Crippen molar-refractivity contribution < 1.29 is 14.4 Å². The Balaban J connectivity index is 0.000000173. The van der Waals surface area contributed by atoms with Crippen LogP contribution < -0.4 is 31.1 Å². The van der Waals surface area contributed by atoms with E-state index in [9.17, 15) is 14.4 Å². The lowest BCUT2D eigenvalue weighted by Gasteiger charge is -2.19. The average molecular weight is 837 g/mol. The number of pyridine rings is 3. The minimum Gasteiger partial charge on any atom is -0.354 e. The lowest BCUT2D eigenvalue weighted by molar-refractivity contribution is -0.117. The molecular formula is C50H48N10O3. The first-order chi connectivity index (χ1) is 30.6. The summed E-state index contributed by atoms with van der Waals surface area (Å²) in [7, 11) is 3.46. The maximum absolute atomic E-state index is 12.1. The highest BCUT2D eigenvalue weighted by Gasteiger charge is 2.26. The molecule has 13 heteroatoms. The van der Waals surface area contributed by atoms with Gasteiger partial charge in [0.2, 0.25) is 11.8 Å². The van der Waals surface area contributed by atoms with Gasteiger partial charge in [0, 0.05) is 99.9 Å². The molecule has 0 saturated carbocycles. The van der Waals surface area contributed by atoms with Gasteiger partial charge in [-0.3, -0.25) is 14.4 Å². The van der Waals surface area contributed by atoms with Crippen LogP contribution >= 0.6 is 0 Å². The van der Waals surface area contributed by atoms with Crippen molar-refractivity contribution >= 4 is 75.0 Å². The van der Waals surface area contributed by atoms with E-state index in [2.05, 4.69) is 60.5 Å². The van der Waals surface area contributed by atoms with Crippen LogP contribution in [0.4, 0.5) is 57.3 Å². The van der Waals surface area contributed by atoms with E-state index in [-0.39, 0.29) is 17.7 Å². The lowest BCUT2D eigenvalue weighted by Crippen LogP contribution is -2.26. The topological polar surface area (TPSA) is 148 Å². The second kappa shape index (κ2) is 18.7. The van der Waals surface area contributed by atoms with Gasteiger partial charge in [0.1, 0.15) is 17.5 Å². The van der Waals surface area contributed by atoms with Crippen LogP contribution in [0.15, 0.2) is 146 Å². The highest BCUT2D eigenvalue weighted by Crippen LogP contribution is 2.39. The maximum atomic E-state index is 12.1. The smallest absolute Gasteiger partial charge is 0.253 e. The zero-order chi connectivity index (χ0) is 43.9. The van der Waals surface area contributed by atoms with E-state index in [0.29, 0.717) is 23.7 Å². The van der Waals surface area contributed by atoms with Crippen LogP contribution in [0.2, 0.25) is 0 Å². The third-order valence-electron chi connectivity index (χ3n) is 10.8. The predicted molar refractivity (Wildman–Crippen MR) is 252 cm³/mol. The number of rotatable bonds is 10. The number of hydrogen-bond acceptors (Lipinski definition) is 10. The molecule has 63 heavy (non-hydrogen) atoms. The molecule has 0 spiro atoms. The zero-order valence-electron chi connectivity index (χ0n) is 35.6. The third-order valence-corrected chi connectivity index (χ3v) is 10.8. The molecule has 9 rings (SSSR count). The van der Waals surface area contributed by atoms with Crippen LogP contribution in [0.3, 0.4) is 0 Å². The minimum atomic E-state index is -0.0362. The molecule has 0 bridgehead atoms. The quantitative estimate of drug-likeness (QED) is 0.105. The molecule has 316 valence electrons. The zero-order valence-corrected chi connectivity index (χ0v) is 35.6. The lowest BCUT2D eigenvalue weighted by atomic mass is 10.1. The second-order valence-corrected chi connectivity index (χ2v) is 15.4. The van der Waals surface area contributed by atoms with Crippen LogP contribution in [0.1, 0.15) is 35.3 Å². The van der Waals surface area contributed by atoms with Gasteiger partial charge in [0.15, 0.2) is 0 Å². The summed E-state index contributed by atoms with van der Waals surface area (Å²) in [6, 6.07) is 41.2. The Kier molecular flexibility index (Phi) is 12.4. The fraction of sp³-hybridized carbons (Fsp3) is 0.160. The van der Waals surface area contributed by atoms with E-state index in [4.69, 9.17) is 0 Å². The molecule has 2 aliphatic rings. The Morgan fingerprint density at radius 2 is 1.08 bits per heavy atom. The molecule has 13 nitrogen and oxygen atoms in total. The van der Waals surface area contributed by atoms with Crippen molar-refractivity contribution in [3.8, 4) is 11.1 Å². The Hall–Kier alpha value is -8.06. The van der Waals surface area contributed by atoms with Crippen molar-refractivity contribution in [2.45, 2.75) is 26.7 Å². The van der Waals surface area contributed by atoms with Crippen LogP contribution in [0.25, 0.3) is 11.1 Å². The van der Waals surface area contributed by atoms with E-state index < -0.39 is 0 Å². The normalized spacial score (nSPS) is 12.3. The fourth-order valence-electron chi connectivity index (χ4n) is 7.71. The number of amides is 3. The summed E-state index contributed by atoms with van der Waals surface area (Å²) >= 11 is 0. The molecule has 0 unspecified atom stereocenters. The molecule has 0 atom stereocenters. The van der Waals surface area contributed by atoms with Gasteiger partial charge in [-0.1, -0.05) is 54.6 Å². The molecule has 2 aliphatic heterocycles. The van der Waals surface area contributed by atoms with Gasteiger partial charge < -0.3 is 36.0 Å². The Bertz CT molecular complexity index is 2760. The van der Waals surface area contributed by atoms with Gasteiger partial charge in [0.05, 0.1) is 22.7 Å². The van der Waals surface area contributed by atoms with Crippen LogP contribution in [0, 0.1) is 0 Å². The summed E-state index contributed by atoms with van der Waals surface area (Å²) < 4.78 is 0. The van der Waals surface area contributed by atoms with Gasteiger partial charge >= 0.3 is 0 Å². The van der Waals surface area contributed by atoms with Gasteiger partial charge in [0.25, 0.3) is 5.91 Å². The van der Waals surface area contributed by atoms with Crippen LogP contribution in [0.5, 0.6) is 0 Å². The van der Waals surface area contributed by atoms with Gasteiger partial charge in [-0.05, 0) is 90.2 Å². The maximum Gasteiger partial charge on any atom is 0.253 e. The molecule has 4 N–H and O–H groups in total. The molecular weight excluding hydrogens is 789 g/mol. The summed E-state index contributed by atoms with van der Waals surface area (Å²) in [5, 5.41) is 13.4. The van der Waals surface area contributed by atoms with Crippen LogP contribution in [-0.2, 0) is 22.4 Å². The molecule has 4 aromatic carbocycles. The van der Waals surface area contributed by atoms with Crippen LogP contribution in [-0.4, -0.2) is 64.8 Å². The number of hydrogen-bond donors (Lipinski definition) is 4. The number of aromatic nitrogens is 3. The van der Waals surface area contributed by atoms with Crippen molar-refractivity contribution in [2.75, 3.05) is 58.3 Å². The number of para-hydroxylation sites is 2. The molecule has 7 aromatic rings. The molecule has 0 radical (unpaired) electrons. The molecule has 0 aliphatic carbocycles. The van der Waals surface area contributed by atoms with Gasteiger partial charge in [-0.2, -0.15) is 0 Å². The summed E-state index contributed by atoms with van der Waals surface area (Å²) in [6.45, 7) is 4.63. The van der Waals surface area contributed by atoms with Crippen molar-refractivity contribution in [2.24, 2.45) is 0 Å². The summed E-state index contributed by atoms with van der Waals surface area (Å²) in [5.74, 6) is 2.14. The van der Waals surface area contributed by atoms with Gasteiger partial charge in [-0.15, -0.1) is 0 Å². The van der Waals surface area contributed by atoms with Crippen molar-refractivity contribution in [1.29, 1.82) is 0 Å². The van der Waals surface area contributed by atoms with Crippen molar-refractivity contribution in [3.63, 3.8) is 0 Å². The number of fused-ring (bicyclic) bond motifs is 2. The molecule has 0 fully saturated rings. The van der Waals surface area contributed by atoms with E-state index in [1.54, 1.807) is 57.4 Å². The average Bonchev–Trinajstić information content (AvgIpc) is 3.95. The van der Waals surface area contributed by atoms with E-state index in [0.717, 1.165) is 76.1 Å². The highest BCUT2D eigenvalue weighted by atomic mass is 16.2. The van der Waals surface area contributed by atoms with Crippen molar-refractivity contribution in [1.82, 2.24) is 19.9 Å². The number of benzene rings is 4. The third kappa shape index (κ3) is 9.79. The van der Waals surface area contributed by atoms with E-state index >= 15 is 0 Å². The monoisotopic (exact) mass is 836 g/mol. The SMILES string of the molecule is CC(=O)N1CCc2cccc(Nc3ccnc(Nc4ccc(-c5ccccc5)cn4)c3)c21.CC(=O)N1CCc2cccc(Nc3ccnc(Nc4ccc(C(=O)N(C)C)cc4)c3)c21. The molecule has 5 heterocycles. The first-order valence-corrected chi connectivity index (χ1v) is 20.7. The number of carbonyl (C=O) groups excluding carboxylic acids is 3. The predicted octanol–water partition coefficient (Wildman–Crippen LogP) is 9.72. The Labute approximate surface area is 366 Å². The van der Waals surface area contributed by atoms with Gasteiger partial charge in [-0.25, -0.2) is 15.0 Å². The minimum absolute atomic E-state index is 0.0362. The molecule has 0 saturated heterocycles. The Morgan fingerprint density at radius 3 is 1.59 bits per heavy atom. The largest absolute Gasteiger partial charge is 0.354 e. The first-order valence-electron chi connectivity index (χ1n) is 20.7. The standard InChI is InChI=1S/C26H23N5O.C24H25N5O2/c1-18(32)31-15-13-20-8-5-9-23(26(20)31)29-22-12-14-27-25(16-22)30-24-11-10-21(17-28-24)19-6-3-2-4-7-19;1-16(30)29-14-12-17-5-4-6-21(23(17)29)26-20-11-13-25-22(15-20)27-19-9-7-18(8-10-19)24(31)28(2)3/h2-12,14,16-17H,13,15H2,1H3,(H2,27,28,29,30);4-11,13,15H,12,14H2,1-3H3,(H2,25,26,27). The Morgan fingerprint density at radius 1 is 0.524 bits per heavy atom. The summed E-state index contributed by atoms with van der Waals surface area (Å²) in [5.41, 5.74) is 11.5. The van der Waals surface area contributed by atoms with Crippen molar-refractivity contribution in [3.05, 3.63) is 163 Å². The van der Waals surface area contributed by atoms with E-state index in [1.165, 1.54) is 11.1 Å². The number of carbonyl (C=O) groups is 3. The van der Waals surface area contributed by atoms with E-state index in [1.807, 2.05) is 107 Å².